The molecular weight excluding hydrogens is 326 g/mol. The van der Waals surface area contributed by atoms with Crippen LogP contribution in [0.3, 0.4) is 0 Å². The molecule has 1 heterocycles. The van der Waals surface area contributed by atoms with Crippen molar-refractivity contribution < 1.29 is 13.3 Å². The van der Waals surface area contributed by atoms with Crippen molar-refractivity contribution in [1.29, 1.82) is 5.26 Å². The van der Waals surface area contributed by atoms with Crippen molar-refractivity contribution in [2.45, 2.75) is 18.4 Å². The van der Waals surface area contributed by atoms with Crippen molar-refractivity contribution in [3.8, 4) is 6.07 Å². The van der Waals surface area contributed by atoms with E-state index < -0.39 is 25.5 Å². The van der Waals surface area contributed by atoms with Crippen molar-refractivity contribution in [3.63, 3.8) is 0 Å². The molecule has 2 aromatic rings. The molecule has 0 radical (unpaired) electrons. The van der Waals surface area contributed by atoms with Gasteiger partial charge in [-0.25, -0.2) is 13.1 Å². The molecule has 0 aliphatic carbocycles. The molecule has 0 aliphatic rings. The number of nitro groups is 1. The van der Waals surface area contributed by atoms with Crippen LogP contribution < -0.4 is 4.72 Å². The van der Waals surface area contributed by atoms with E-state index in [0.29, 0.717) is 0 Å². The number of thiophene rings is 1. The number of nitrogens with zero attached hydrogens (tertiary/aromatic N) is 2. The van der Waals surface area contributed by atoms with Crippen molar-refractivity contribution in [2.75, 3.05) is 0 Å². The zero-order chi connectivity index (χ0) is 16.3. The van der Waals surface area contributed by atoms with E-state index in [-0.39, 0.29) is 12.1 Å². The van der Waals surface area contributed by atoms with E-state index in [0.717, 1.165) is 22.6 Å². The summed E-state index contributed by atoms with van der Waals surface area (Å²) in [4.78, 5) is 10.6. The van der Waals surface area contributed by atoms with Gasteiger partial charge in [-0.1, -0.05) is 0 Å². The normalized spacial score (nSPS) is 11.1. The molecule has 9 heteroatoms. The molecular formula is C13H11N3O4S2. The topological polar surface area (TPSA) is 113 Å². The molecule has 0 spiro atoms. The van der Waals surface area contributed by atoms with Gasteiger partial charge in [0.25, 0.3) is 5.69 Å². The van der Waals surface area contributed by atoms with Gasteiger partial charge in [-0.05, 0) is 36.1 Å². The van der Waals surface area contributed by atoms with Crippen LogP contribution in [0, 0.1) is 28.4 Å². The molecule has 1 aromatic heterocycles. The fourth-order valence-electron chi connectivity index (χ4n) is 1.78. The molecule has 2 rings (SSSR count). The monoisotopic (exact) mass is 337 g/mol. The maximum atomic E-state index is 12.3. The maximum absolute atomic E-state index is 12.3. The first-order valence-corrected chi connectivity index (χ1v) is 8.42. The Labute approximate surface area is 131 Å². The standard InChI is InChI=1S/C13H11N3O4S2/c1-9-4-5-21-12(9)8-15-22(19,20)13-3-2-10(7-14)6-11(13)16(17)18/h2-6,15H,8H2,1H3. The lowest BCUT2D eigenvalue weighted by atomic mass is 10.2. The minimum Gasteiger partial charge on any atom is -0.258 e. The fourth-order valence-corrected chi connectivity index (χ4v) is 3.86. The van der Waals surface area contributed by atoms with Crippen LogP contribution in [0.25, 0.3) is 0 Å². The zero-order valence-electron chi connectivity index (χ0n) is 11.4. The summed E-state index contributed by atoms with van der Waals surface area (Å²) in [7, 11) is -4.05. The highest BCUT2D eigenvalue weighted by molar-refractivity contribution is 7.89. The van der Waals surface area contributed by atoms with E-state index in [4.69, 9.17) is 5.26 Å². The van der Waals surface area contributed by atoms with Crippen LogP contribution >= 0.6 is 11.3 Å². The lowest BCUT2D eigenvalue weighted by Gasteiger charge is -2.07. The number of hydrogen-bond acceptors (Lipinski definition) is 6. The Hall–Kier alpha value is -2.28. The van der Waals surface area contributed by atoms with Crippen LogP contribution in [0.15, 0.2) is 34.5 Å². The van der Waals surface area contributed by atoms with Crippen LogP contribution in [0.1, 0.15) is 16.0 Å². The van der Waals surface area contributed by atoms with Crippen molar-refractivity contribution in [3.05, 3.63) is 55.8 Å². The summed E-state index contributed by atoms with van der Waals surface area (Å²) in [5.74, 6) is 0. The minimum absolute atomic E-state index is 0.0275. The van der Waals surface area contributed by atoms with Crippen LogP contribution in [0.5, 0.6) is 0 Å². The first kappa shape index (κ1) is 16.1. The Morgan fingerprint density at radius 1 is 1.41 bits per heavy atom. The summed E-state index contributed by atoms with van der Waals surface area (Å²) in [6.07, 6.45) is 0. The second kappa shape index (κ2) is 6.23. The van der Waals surface area contributed by atoms with Gasteiger partial charge in [0.05, 0.1) is 16.6 Å². The summed E-state index contributed by atoms with van der Waals surface area (Å²) in [5, 5.41) is 21.6. The third-order valence-corrected chi connectivity index (χ3v) is 5.44. The van der Waals surface area contributed by atoms with Gasteiger partial charge in [0.2, 0.25) is 10.0 Å². The second-order valence-corrected chi connectivity index (χ2v) is 7.14. The number of aryl methyl sites for hydroxylation is 1. The molecule has 114 valence electrons. The highest BCUT2D eigenvalue weighted by Crippen LogP contribution is 2.25. The molecule has 0 saturated carbocycles. The Morgan fingerprint density at radius 2 is 2.14 bits per heavy atom. The van der Waals surface area contributed by atoms with Crippen LogP contribution in [-0.2, 0) is 16.6 Å². The summed E-state index contributed by atoms with van der Waals surface area (Å²) < 4.78 is 26.9. The Bertz CT molecular complexity index is 866. The molecule has 0 atom stereocenters. The van der Waals surface area contributed by atoms with Gasteiger partial charge in [-0.3, -0.25) is 10.1 Å². The molecule has 0 saturated heterocycles. The lowest BCUT2D eigenvalue weighted by Crippen LogP contribution is -2.24. The number of rotatable bonds is 5. The van der Waals surface area contributed by atoms with E-state index in [2.05, 4.69) is 4.72 Å². The quantitative estimate of drug-likeness (QED) is 0.664. The van der Waals surface area contributed by atoms with Gasteiger partial charge in [-0.2, -0.15) is 5.26 Å². The fraction of sp³-hybridized carbons (Fsp3) is 0.154. The van der Waals surface area contributed by atoms with Crippen molar-refractivity contribution in [2.24, 2.45) is 0 Å². The van der Waals surface area contributed by atoms with Crippen LogP contribution in [0.4, 0.5) is 5.69 Å². The first-order valence-electron chi connectivity index (χ1n) is 6.06. The van der Waals surface area contributed by atoms with Crippen LogP contribution in [0.2, 0.25) is 0 Å². The third kappa shape index (κ3) is 3.30. The summed E-state index contributed by atoms with van der Waals surface area (Å²) in [6, 6.07) is 6.86. The highest BCUT2D eigenvalue weighted by Gasteiger charge is 2.26. The molecule has 0 unspecified atom stereocenters. The van der Waals surface area contributed by atoms with Crippen molar-refractivity contribution >= 4 is 27.0 Å². The van der Waals surface area contributed by atoms with E-state index in [1.165, 1.54) is 17.4 Å². The number of nitrogens with one attached hydrogen (secondary N) is 1. The van der Waals surface area contributed by atoms with Crippen molar-refractivity contribution in [1.82, 2.24) is 4.72 Å². The predicted molar refractivity (Wildman–Crippen MR) is 80.9 cm³/mol. The molecule has 7 nitrogen and oxygen atoms in total. The summed E-state index contributed by atoms with van der Waals surface area (Å²) >= 11 is 1.40. The molecule has 0 amide bonds. The van der Waals surface area contributed by atoms with E-state index in [9.17, 15) is 18.5 Å². The molecule has 22 heavy (non-hydrogen) atoms. The number of hydrogen-bond donors (Lipinski definition) is 1. The van der Waals surface area contributed by atoms with E-state index in [1.54, 1.807) is 6.07 Å². The number of benzene rings is 1. The largest absolute Gasteiger partial charge is 0.290 e. The first-order chi connectivity index (χ1) is 10.3. The molecule has 0 aliphatic heterocycles. The number of sulfonamides is 1. The SMILES string of the molecule is Cc1ccsc1CNS(=O)(=O)c1ccc(C#N)cc1[N+](=O)[O-]. The van der Waals surface area contributed by atoms with Gasteiger partial charge in [0.15, 0.2) is 4.90 Å². The zero-order valence-corrected chi connectivity index (χ0v) is 13.1. The van der Waals surface area contributed by atoms with Gasteiger partial charge in [-0.15, -0.1) is 11.3 Å². The Kier molecular flexibility index (Phi) is 4.56. The number of nitriles is 1. The highest BCUT2D eigenvalue weighted by atomic mass is 32.2. The number of nitro benzene ring substituents is 1. The maximum Gasteiger partial charge on any atom is 0.290 e. The van der Waals surface area contributed by atoms with E-state index >= 15 is 0 Å². The molecule has 0 bridgehead atoms. The predicted octanol–water partition coefficient (Wildman–Crippen LogP) is 2.31. The Morgan fingerprint density at radius 3 is 2.68 bits per heavy atom. The smallest absolute Gasteiger partial charge is 0.258 e. The second-order valence-electron chi connectivity index (χ2n) is 4.40. The van der Waals surface area contributed by atoms with Gasteiger partial charge < -0.3 is 0 Å². The van der Waals surface area contributed by atoms with Gasteiger partial charge in [0, 0.05) is 17.5 Å². The molecule has 0 fully saturated rings. The van der Waals surface area contributed by atoms with Crippen LogP contribution in [-0.4, -0.2) is 13.3 Å². The lowest BCUT2D eigenvalue weighted by molar-refractivity contribution is -0.387. The minimum atomic E-state index is -4.05. The molecule has 1 aromatic carbocycles. The van der Waals surface area contributed by atoms with E-state index in [1.807, 2.05) is 18.4 Å². The third-order valence-electron chi connectivity index (χ3n) is 2.97. The summed E-state index contributed by atoms with van der Waals surface area (Å²) in [6.45, 7) is 1.91. The Balaban J connectivity index is 2.35. The van der Waals surface area contributed by atoms with Gasteiger partial charge in [0.1, 0.15) is 0 Å². The van der Waals surface area contributed by atoms with Gasteiger partial charge >= 0.3 is 0 Å². The average Bonchev–Trinajstić information content (AvgIpc) is 2.89. The average molecular weight is 337 g/mol. The summed E-state index contributed by atoms with van der Waals surface area (Å²) in [5.41, 5.74) is 0.358. The molecule has 1 N–H and O–H groups in total.